The van der Waals surface area contributed by atoms with Crippen LogP contribution >= 0.6 is 0 Å². The number of aliphatic hydroxyl groups excluding tert-OH is 3. The molecule has 0 bridgehead atoms. The maximum absolute atomic E-state index is 12.7. The Hall–Kier alpha value is -1.01. The van der Waals surface area contributed by atoms with E-state index >= 15 is 0 Å². The highest BCUT2D eigenvalue weighted by atomic mass is 16.4. The number of hydrogen-bond donors (Lipinski definition) is 4. The van der Waals surface area contributed by atoms with Crippen LogP contribution in [0.5, 0.6) is 0 Å². The van der Waals surface area contributed by atoms with Crippen molar-refractivity contribution in [3.8, 4) is 0 Å². The Morgan fingerprint density at radius 1 is 1.18 bits per heavy atom. The molecular formula is C29H46O5. The van der Waals surface area contributed by atoms with E-state index < -0.39 is 23.9 Å². The Kier molecular flexibility index (Phi) is 6.33. The standard InChI is InChI=1S/C29H46O5/c1-16(13-23(32)25(33)26(3,4)34)19-8-10-28(6)21(19)14-22(31)24-27(5)15-18(30)12-17(2)20(27)9-11-29(24,28)7/h12,16,20,22-25,31-34H,8-11,13-15H2,1-7H3. The fourth-order valence-corrected chi connectivity index (χ4v) is 9.12. The van der Waals surface area contributed by atoms with Gasteiger partial charge in [-0.25, -0.2) is 0 Å². The number of carbonyl (C=O) groups excluding carboxylic acids is 1. The van der Waals surface area contributed by atoms with E-state index in [0.29, 0.717) is 25.2 Å². The highest BCUT2D eigenvalue weighted by Crippen LogP contribution is 2.72. The van der Waals surface area contributed by atoms with Gasteiger partial charge in [0.1, 0.15) is 6.10 Å². The van der Waals surface area contributed by atoms with Gasteiger partial charge in [-0.05, 0) is 99.4 Å². The minimum atomic E-state index is -1.36. The fraction of sp³-hybridized carbons (Fsp3) is 0.828. The van der Waals surface area contributed by atoms with Gasteiger partial charge in [0, 0.05) is 6.42 Å². The van der Waals surface area contributed by atoms with Crippen molar-refractivity contribution in [3.63, 3.8) is 0 Å². The first kappa shape index (κ1) is 26.1. The lowest BCUT2D eigenvalue weighted by Gasteiger charge is -2.66. The minimum absolute atomic E-state index is 0.0492. The lowest BCUT2D eigenvalue weighted by atomic mass is 9.38. The van der Waals surface area contributed by atoms with Crippen LogP contribution in [0, 0.1) is 34.0 Å². The van der Waals surface area contributed by atoms with Crippen molar-refractivity contribution in [1.29, 1.82) is 0 Å². The van der Waals surface area contributed by atoms with Crippen LogP contribution in [-0.2, 0) is 4.79 Å². The summed E-state index contributed by atoms with van der Waals surface area (Å²) in [4.78, 5) is 12.7. The highest BCUT2D eigenvalue weighted by Gasteiger charge is 2.67. The predicted octanol–water partition coefficient (Wildman–Crippen LogP) is 4.32. The summed E-state index contributed by atoms with van der Waals surface area (Å²) in [6, 6.07) is 0. The zero-order valence-electron chi connectivity index (χ0n) is 22.2. The van der Waals surface area contributed by atoms with Crippen molar-refractivity contribution in [2.45, 2.75) is 117 Å². The van der Waals surface area contributed by atoms with E-state index in [1.54, 1.807) is 0 Å². The summed E-state index contributed by atoms with van der Waals surface area (Å²) in [5, 5.41) is 42.8. The molecule has 4 aliphatic carbocycles. The quantitative estimate of drug-likeness (QED) is 0.445. The van der Waals surface area contributed by atoms with Crippen molar-refractivity contribution < 1.29 is 25.2 Å². The van der Waals surface area contributed by atoms with Crippen LogP contribution in [0.3, 0.4) is 0 Å². The molecule has 4 aliphatic rings. The van der Waals surface area contributed by atoms with Gasteiger partial charge in [0.15, 0.2) is 5.78 Å². The smallest absolute Gasteiger partial charge is 0.156 e. The van der Waals surface area contributed by atoms with Gasteiger partial charge >= 0.3 is 0 Å². The molecular weight excluding hydrogens is 428 g/mol. The van der Waals surface area contributed by atoms with Gasteiger partial charge in [-0.15, -0.1) is 0 Å². The van der Waals surface area contributed by atoms with E-state index in [1.807, 2.05) is 6.08 Å². The Morgan fingerprint density at radius 3 is 2.44 bits per heavy atom. The molecule has 0 saturated heterocycles. The van der Waals surface area contributed by atoms with Crippen molar-refractivity contribution in [1.82, 2.24) is 0 Å². The van der Waals surface area contributed by atoms with E-state index in [1.165, 1.54) is 30.6 Å². The lowest BCUT2D eigenvalue weighted by molar-refractivity contribution is -0.177. The van der Waals surface area contributed by atoms with Crippen molar-refractivity contribution in [2.75, 3.05) is 0 Å². The van der Waals surface area contributed by atoms with Crippen LogP contribution in [-0.4, -0.2) is 50.1 Å². The van der Waals surface area contributed by atoms with Gasteiger partial charge in [-0.3, -0.25) is 4.79 Å². The first-order valence-electron chi connectivity index (χ1n) is 13.3. The van der Waals surface area contributed by atoms with Crippen molar-refractivity contribution >= 4 is 5.78 Å². The van der Waals surface area contributed by atoms with E-state index in [4.69, 9.17) is 0 Å². The van der Waals surface area contributed by atoms with Crippen LogP contribution in [0.1, 0.15) is 93.4 Å². The Balaban J connectivity index is 1.68. The molecule has 2 fully saturated rings. The van der Waals surface area contributed by atoms with Crippen LogP contribution in [0.25, 0.3) is 0 Å². The Bertz CT molecular complexity index is 912. The van der Waals surface area contributed by atoms with Crippen molar-refractivity contribution in [3.05, 3.63) is 22.8 Å². The second-order valence-corrected chi connectivity index (χ2v) is 13.4. The maximum Gasteiger partial charge on any atom is 0.156 e. The molecule has 0 heterocycles. The van der Waals surface area contributed by atoms with Gasteiger partial charge in [0.05, 0.1) is 17.8 Å². The molecule has 4 N–H and O–H groups in total. The third-order valence-electron chi connectivity index (χ3n) is 10.9. The molecule has 4 rings (SSSR count). The average Bonchev–Trinajstić information content (AvgIpc) is 3.03. The van der Waals surface area contributed by atoms with Crippen LogP contribution in [0.4, 0.5) is 0 Å². The van der Waals surface area contributed by atoms with E-state index in [9.17, 15) is 25.2 Å². The second-order valence-electron chi connectivity index (χ2n) is 13.4. The van der Waals surface area contributed by atoms with Gasteiger partial charge in [-0.1, -0.05) is 44.4 Å². The van der Waals surface area contributed by atoms with E-state index in [2.05, 4.69) is 34.6 Å². The molecule has 0 amide bonds. The molecule has 0 aromatic rings. The average molecular weight is 475 g/mol. The largest absolute Gasteiger partial charge is 0.392 e. The normalized spacial score (nSPS) is 43.0. The van der Waals surface area contributed by atoms with E-state index in [0.717, 1.165) is 25.7 Å². The fourth-order valence-electron chi connectivity index (χ4n) is 9.12. The number of allylic oxidation sites excluding steroid dienone is 3. The summed E-state index contributed by atoms with van der Waals surface area (Å²) in [6.07, 6.45) is 4.70. The topological polar surface area (TPSA) is 98.0 Å². The van der Waals surface area contributed by atoms with Crippen molar-refractivity contribution in [2.24, 2.45) is 34.0 Å². The summed E-state index contributed by atoms with van der Waals surface area (Å²) in [5.74, 6) is 0.673. The maximum atomic E-state index is 12.7. The lowest BCUT2D eigenvalue weighted by Crippen LogP contribution is -2.63. The van der Waals surface area contributed by atoms with Crippen LogP contribution < -0.4 is 0 Å². The SMILES string of the molecule is CC1=CC(=O)CC2(C)C1CCC1(C)C2C(O)CC2=C(C(C)CC(O)C(O)C(C)(C)O)CCC21C. The molecule has 0 spiro atoms. The molecule has 5 nitrogen and oxygen atoms in total. The molecule has 2 saturated carbocycles. The molecule has 9 atom stereocenters. The summed E-state index contributed by atoms with van der Waals surface area (Å²) in [5.41, 5.74) is 2.10. The predicted molar refractivity (Wildman–Crippen MR) is 133 cm³/mol. The zero-order valence-corrected chi connectivity index (χ0v) is 22.2. The van der Waals surface area contributed by atoms with E-state index in [-0.39, 0.29) is 33.9 Å². The molecule has 5 heteroatoms. The molecule has 34 heavy (non-hydrogen) atoms. The third kappa shape index (κ3) is 3.68. The summed E-state index contributed by atoms with van der Waals surface area (Å²) < 4.78 is 0. The Morgan fingerprint density at radius 2 is 1.82 bits per heavy atom. The van der Waals surface area contributed by atoms with Gasteiger partial charge in [-0.2, -0.15) is 0 Å². The molecule has 0 aliphatic heterocycles. The second kappa shape index (κ2) is 8.26. The number of carbonyl (C=O) groups is 1. The summed E-state index contributed by atoms with van der Waals surface area (Å²) in [6.45, 7) is 14.2. The molecule has 0 aromatic carbocycles. The van der Waals surface area contributed by atoms with Crippen LogP contribution in [0.15, 0.2) is 22.8 Å². The first-order chi connectivity index (χ1) is 15.6. The zero-order chi connectivity index (χ0) is 25.4. The van der Waals surface area contributed by atoms with Gasteiger partial charge in [0.2, 0.25) is 0 Å². The minimum Gasteiger partial charge on any atom is -0.392 e. The number of aliphatic hydroxyl groups is 4. The first-order valence-corrected chi connectivity index (χ1v) is 13.3. The van der Waals surface area contributed by atoms with Gasteiger partial charge in [0.25, 0.3) is 0 Å². The highest BCUT2D eigenvalue weighted by molar-refractivity contribution is 5.92. The Labute approximate surface area is 205 Å². The summed E-state index contributed by atoms with van der Waals surface area (Å²) >= 11 is 0. The monoisotopic (exact) mass is 474 g/mol. The number of fused-ring (bicyclic) bond motifs is 5. The molecule has 192 valence electrons. The number of ketones is 1. The van der Waals surface area contributed by atoms with Crippen LogP contribution in [0.2, 0.25) is 0 Å². The molecule has 0 aromatic heterocycles. The number of hydrogen-bond acceptors (Lipinski definition) is 5. The number of rotatable bonds is 5. The molecule has 9 unspecified atom stereocenters. The summed E-state index contributed by atoms with van der Waals surface area (Å²) in [7, 11) is 0. The third-order valence-corrected chi connectivity index (χ3v) is 10.9. The van der Waals surface area contributed by atoms with Gasteiger partial charge < -0.3 is 20.4 Å². The molecule has 0 radical (unpaired) electrons.